The SMILES string of the molecule is C/C=C\N=CC(C)CC.CC=O.COC(C)(C)C(F)(F)F. The molecule has 3 nitrogen and oxygen atoms in total. The van der Waals surface area contributed by atoms with Gasteiger partial charge in [-0.15, -0.1) is 0 Å². The Morgan fingerprint density at radius 2 is 1.67 bits per heavy atom. The maximum absolute atomic E-state index is 11.7. The molecular formula is C15H28F3NO2. The third-order valence-electron chi connectivity index (χ3n) is 2.41. The quantitative estimate of drug-likeness (QED) is 0.551. The van der Waals surface area contributed by atoms with E-state index in [2.05, 4.69) is 23.6 Å². The number of aldehydes is 1. The Morgan fingerprint density at radius 3 is 1.86 bits per heavy atom. The van der Waals surface area contributed by atoms with Crippen molar-refractivity contribution in [3.8, 4) is 0 Å². The Hall–Kier alpha value is -1.17. The van der Waals surface area contributed by atoms with Gasteiger partial charge in [0.25, 0.3) is 0 Å². The van der Waals surface area contributed by atoms with Crippen LogP contribution >= 0.6 is 0 Å². The number of halogens is 3. The first kappa shape index (κ1) is 24.8. The zero-order valence-corrected chi connectivity index (χ0v) is 14.0. The molecule has 0 spiro atoms. The zero-order valence-electron chi connectivity index (χ0n) is 14.0. The summed E-state index contributed by atoms with van der Waals surface area (Å²) in [6.07, 6.45) is 3.36. The van der Waals surface area contributed by atoms with Crippen molar-refractivity contribution in [2.45, 2.75) is 59.7 Å². The minimum Gasteiger partial charge on any atom is -0.369 e. The van der Waals surface area contributed by atoms with Crippen LogP contribution in [0.5, 0.6) is 0 Å². The topological polar surface area (TPSA) is 38.7 Å². The van der Waals surface area contributed by atoms with Crippen molar-refractivity contribution in [2.24, 2.45) is 10.9 Å². The van der Waals surface area contributed by atoms with E-state index in [0.29, 0.717) is 5.92 Å². The van der Waals surface area contributed by atoms with Crippen LogP contribution in [0.2, 0.25) is 0 Å². The number of nitrogens with zero attached hydrogens (tertiary/aromatic N) is 1. The Labute approximate surface area is 126 Å². The molecule has 0 aliphatic carbocycles. The van der Waals surface area contributed by atoms with Gasteiger partial charge in [0.1, 0.15) is 6.29 Å². The molecule has 0 heterocycles. The number of alkyl halides is 3. The van der Waals surface area contributed by atoms with Crippen LogP contribution in [0, 0.1) is 5.92 Å². The van der Waals surface area contributed by atoms with Gasteiger partial charge >= 0.3 is 6.18 Å². The Balaban J connectivity index is -0.000000260. The van der Waals surface area contributed by atoms with Crippen molar-refractivity contribution < 1.29 is 22.7 Å². The Bertz CT molecular complexity index is 298. The molecule has 0 radical (unpaired) electrons. The minimum absolute atomic E-state index is 0.612. The number of hydrogen-bond acceptors (Lipinski definition) is 3. The van der Waals surface area contributed by atoms with E-state index in [-0.39, 0.29) is 0 Å². The Morgan fingerprint density at radius 1 is 1.24 bits per heavy atom. The summed E-state index contributed by atoms with van der Waals surface area (Å²) in [5, 5.41) is 0. The van der Waals surface area contributed by atoms with Gasteiger partial charge in [-0.3, -0.25) is 4.99 Å². The van der Waals surface area contributed by atoms with Gasteiger partial charge in [-0.1, -0.05) is 19.9 Å². The van der Waals surface area contributed by atoms with Gasteiger partial charge in [-0.2, -0.15) is 13.2 Å². The van der Waals surface area contributed by atoms with E-state index in [1.54, 1.807) is 0 Å². The highest BCUT2D eigenvalue weighted by Crippen LogP contribution is 2.31. The van der Waals surface area contributed by atoms with E-state index in [1.165, 1.54) is 13.3 Å². The van der Waals surface area contributed by atoms with Gasteiger partial charge in [0.15, 0.2) is 5.60 Å². The van der Waals surface area contributed by atoms with Crippen LogP contribution in [0.4, 0.5) is 13.2 Å². The van der Waals surface area contributed by atoms with E-state index in [1.807, 2.05) is 25.4 Å². The molecule has 1 unspecified atom stereocenters. The number of ether oxygens (including phenoxy) is 1. The van der Waals surface area contributed by atoms with E-state index in [4.69, 9.17) is 4.79 Å². The molecule has 21 heavy (non-hydrogen) atoms. The summed E-state index contributed by atoms with van der Waals surface area (Å²) in [6, 6.07) is 0. The second-order valence-corrected chi connectivity index (χ2v) is 4.61. The van der Waals surface area contributed by atoms with Crippen molar-refractivity contribution in [3.63, 3.8) is 0 Å². The molecule has 0 aliphatic rings. The first-order valence-corrected chi connectivity index (χ1v) is 6.70. The molecule has 0 amide bonds. The van der Waals surface area contributed by atoms with Gasteiger partial charge in [0, 0.05) is 19.5 Å². The highest BCUT2D eigenvalue weighted by Gasteiger charge is 2.47. The molecule has 0 aromatic rings. The summed E-state index contributed by atoms with van der Waals surface area (Å²) in [6.45, 7) is 9.69. The third-order valence-corrected chi connectivity index (χ3v) is 2.41. The van der Waals surface area contributed by atoms with E-state index < -0.39 is 11.8 Å². The molecule has 0 bridgehead atoms. The van der Waals surface area contributed by atoms with Gasteiger partial charge < -0.3 is 9.53 Å². The largest absolute Gasteiger partial charge is 0.416 e. The molecule has 0 saturated carbocycles. The summed E-state index contributed by atoms with van der Waals surface area (Å²) in [5.41, 5.74) is -2.02. The van der Waals surface area contributed by atoms with Gasteiger partial charge in [-0.25, -0.2) is 0 Å². The van der Waals surface area contributed by atoms with Gasteiger partial charge in [0.05, 0.1) is 0 Å². The second kappa shape index (κ2) is 13.8. The Kier molecular flexibility index (Phi) is 16.3. The molecule has 0 saturated heterocycles. The molecule has 0 rings (SSSR count). The van der Waals surface area contributed by atoms with Crippen molar-refractivity contribution in [1.29, 1.82) is 0 Å². The van der Waals surface area contributed by atoms with Gasteiger partial charge in [-0.05, 0) is 40.0 Å². The monoisotopic (exact) mass is 311 g/mol. The van der Waals surface area contributed by atoms with E-state index in [0.717, 1.165) is 27.2 Å². The van der Waals surface area contributed by atoms with Gasteiger partial charge in [0.2, 0.25) is 0 Å². The summed E-state index contributed by atoms with van der Waals surface area (Å²) < 4.78 is 39.3. The lowest BCUT2D eigenvalue weighted by atomic mass is 10.1. The predicted octanol–water partition coefficient (Wildman–Crippen LogP) is 4.82. The van der Waals surface area contributed by atoms with Crippen molar-refractivity contribution in [3.05, 3.63) is 12.3 Å². The fourth-order valence-corrected chi connectivity index (χ4v) is 0.504. The zero-order chi connectivity index (χ0) is 17.5. The molecule has 0 aliphatic heterocycles. The number of methoxy groups -OCH3 is 1. The number of hydrogen-bond donors (Lipinski definition) is 0. The summed E-state index contributed by atoms with van der Waals surface area (Å²) in [7, 11) is 1.04. The van der Waals surface area contributed by atoms with Crippen LogP contribution in [0.3, 0.4) is 0 Å². The van der Waals surface area contributed by atoms with E-state index in [9.17, 15) is 13.2 Å². The second-order valence-electron chi connectivity index (χ2n) is 4.61. The van der Waals surface area contributed by atoms with Crippen LogP contribution in [0.25, 0.3) is 0 Å². The molecular weight excluding hydrogens is 283 g/mol. The lowest BCUT2D eigenvalue weighted by Crippen LogP contribution is -2.40. The normalized spacial score (nSPS) is 13.2. The smallest absolute Gasteiger partial charge is 0.369 e. The summed E-state index contributed by atoms with van der Waals surface area (Å²) in [4.78, 5) is 12.9. The fraction of sp³-hybridized carbons (Fsp3) is 0.733. The van der Waals surface area contributed by atoms with Crippen molar-refractivity contribution in [1.82, 2.24) is 0 Å². The highest BCUT2D eigenvalue weighted by molar-refractivity contribution is 5.60. The van der Waals surface area contributed by atoms with Crippen LogP contribution in [-0.4, -0.2) is 31.4 Å². The van der Waals surface area contributed by atoms with Crippen LogP contribution in [-0.2, 0) is 9.53 Å². The molecule has 6 heteroatoms. The first-order chi connectivity index (χ1) is 9.53. The summed E-state index contributed by atoms with van der Waals surface area (Å²) in [5.74, 6) is 0.612. The molecule has 0 fully saturated rings. The standard InChI is InChI=1S/C8H15N.C5H9F3O.C2H4O/c1-4-6-9-7-8(3)5-2;1-4(2,9-3)5(6,7)8;1-2-3/h4,6-8H,5H2,1-3H3;1-3H3;2H,1H3/b6-4-,9-7?;;. The maximum Gasteiger partial charge on any atom is 0.416 e. The number of carbonyl (C=O) groups excluding carboxylic acids is 1. The average molecular weight is 311 g/mol. The number of carbonyl (C=O) groups is 1. The molecule has 126 valence electrons. The van der Waals surface area contributed by atoms with Crippen LogP contribution in [0.15, 0.2) is 17.3 Å². The maximum atomic E-state index is 11.7. The summed E-state index contributed by atoms with van der Waals surface area (Å²) >= 11 is 0. The number of rotatable bonds is 4. The highest BCUT2D eigenvalue weighted by atomic mass is 19.4. The third kappa shape index (κ3) is 16.8. The molecule has 0 aromatic heterocycles. The lowest BCUT2D eigenvalue weighted by molar-refractivity contribution is -0.255. The van der Waals surface area contributed by atoms with E-state index >= 15 is 0 Å². The molecule has 0 N–H and O–H groups in total. The first-order valence-electron chi connectivity index (χ1n) is 6.70. The fourth-order valence-electron chi connectivity index (χ4n) is 0.504. The number of allylic oxidation sites excluding steroid dienone is 1. The van der Waals surface area contributed by atoms with Crippen molar-refractivity contribution in [2.75, 3.05) is 7.11 Å². The predicted molar refractivity (Wildman–Crippen MR) is 81.6 cm³/mol. The minimum atomic E-state index is -4.28. The molecule has 1 atom stereocenters. The van der Waals surface area contributed by atoms with Crippen molar-refractivity contribution >= 4 is 12.5 Å². The molecule has 0 aromatic carbocycles. The number of aliphatic imine (C=N–C) groups is 1. The average Bonchev–Trinajstić information content (AvgIpc) is 2.39. The van der Waals surface area contributed by atoms with Crippen LogP contribution in [0.1, 0.15) is 48.0 Å². The van der Waals surface area contributed by atoms with Crippen LogP contribution < -0.4 is 0 Å². The lowest BCUT2D eigenvalue weighted by Gasteiger charge is -2.25.